The smallest absolute Gasteiger partial charge is 0.262 e. The molecular formula is C23H32N2O3. The maximum atomic E-state index is 12.0. The third-order valence-corrected chi connectivity index (χ3v) is 4.22. The van der Waals surface area contributed by atoms with E-state index in [1.54, 1.807) is 0 Å². The van der Waals surface area contributed by atoms with Crippen LogP contribution in [0.4, 0.5) is 5.69 Å². The number of anilines is 1. The SMILES string of the molecule is CCCCOCCCNCc1cccc(OCC(=O)Nc2ccc(C)cc2)c1. The topological polar surface area (TPSA) is 59.6 Å². The van der Waals surface area contributed by atoms with Crippen molar-refractivity contribution >= 4 is 11.6 Å². The summed E-state index contributed by atoms with van der Waals surface area (Å²) in [4.78, 5) is 12.0. The number of unbranched alkanes of at least 4 members (excludes halogenated alkanes) is 1. The van der Waals surface area contributed by atoms with Gasteiger partial charge in [-0.2, -0.15) is 0 Å². The highest BCUT2D eigenvalue weighted by molar-refractivity contribution is 5.91. The van der Waals surface area contributed by atoms with E-state index in [9.17, 15) is 4.79 Å². The molecule has 2 rings (SSSR count). The molecule has 152 valence electrons. The molecule has 2 aromatic carbocycles. The van der Waals surface area contributed by atoms with Crippen molar-refractivity contribution in [3.05, 3.63) is 59.7 Å². The molecule has 0 heterocycles. The molecule has 0 spiro atoms. The van der Waals surface area contributed by atoms with E-state index < -0.39 is 0 Å². The van der Waals surface area contributed by atoms with E-state index in [1.165, 1.54) is 6.42 Å². The van der Waals surface area contributed by atoms with E-state index in [2.05, 4.69) is 17.6 Å². The van der Waals surface area contributed by atoms with Crippen LogP contribution in [0.3, 0.4) is 0 Å². The van der Waals surface area contributed by atoms with Gasteiger partial charge in [-0.1, -0.05) is 43.2 Å². The summed E-state index contributed by atoms with van der Waals surface area (Å²) in [5, 5.41) is 6.24. The Morgan fingerprint density at radius 3 is 2.61 bits per heavy atom. The van der Waals surface area contributed by atoms with Crippen molar-refractivity contribution in [1.29, 1.82) is 0 Å². The summed E-state index contributed by atoms with van der Waals surface area (Å²) in [6.07, 6.45) is 3.30. The van der Waals surface area contributed by atoms with E-state index in [0.717, 1.165) is 56.0 Å². The highest BCUT2D eigenvalue weighted by Crippen LogP contribution is 2.14. The fourth-order valence-corrected chi connectivity index (χ4v) is 2.61. The molecule has 0 saturated carbocycles. The van der Waals surface area contributed by atoms with Gasteiger partial charge in [-0.05, 0) is 56.1 Å². The van der Waals surface area contributed by atoms with Gasteiger partial charge in [0.2, 0.25) is 0 Å². The number of hydrogen-bond donors (Lipinski definition) is 2. The second-order valence-electron chi connectivity index (χ2n) is 6.85. The first-order valence-corrected chi connectivity index (χ1v) is 10.0. The zero-order valence-electron chi connectivity index (χ0n) is 17.0. The maximum absolute atomic E-state index is 12.0. The fraction of sp³-hybridized carbons (Fsp3) is 0.435. The molecule has 0 aromatic heterocycles. The zero-order chi connectivity index (χ0) is 20.0. The molecule has 0 radical (unpaired) electrons. The lowest BCUT2D eigenvalue weighted by Gasteiger charge is -2.10. The summed E-state index contributed by atoms with van der Waals surface area (Å²) in [6.45, 7) is 7.49. The molecule has 1 amide bonds. The number of ether oxygens (including phenoxy) is 2. The fourth-order valence-electron chi connectivity index (χ4n) is 2.61. The summed E-state index contributed by atoms with van der Waals surface area (Å²) in [5.41, 5.74) is 3.06. The molecule has 0 unspecified atom stereocenters. The number of carbonyl (C=O) groups excluding carboxylic acids is 1. The molecule has 2 aromatic rings. The molecule has 5 nitrogen and oxygen atoms in total. The number of hydrogen-bond acceptors (Lipinski definition) is 4. The lowest BCUT2D eigenvalue weighted by Crippen LogP contribution is -2.20. The van der Waals surface area contributed by atoms with Crippen molar-refractivity contribution < 1.29 is 14.3 Å². The summed E-state index contributed by atoms with van der Waals surface area (Å²) in [6, 6.07) is 15.5. The predicted octanol–water partition coefficient (Wildman–Crippen LogP) is 4.31. The van der Waals surface area contributed by atoms with Gasteiger partial charge in [0.25, 0.3) is 5.91 Å². The quantitative estimate of drug-likeness (QED) is 0.505. The molecular weight excluding hydrogens is 352 g/mol. The Kier molecular flexibility index (Phi) is 10.1. The highest BCUT2D eigenvalue weighted by Gasteiger charge is 2.04. The van der Waals surface area contributed by atoms with Crippen LogP contribution >= 0.6 is 0 Å². The first-order chi connectivity index (χ1) is 13.7. The Labute approximate surface area is 168 Å². The second-order valence-corrected chi connectivity index (χ2v) is 6.85. The van der Waals surface area contributed by atoms with Crippen LogP contribution in [0.25, 0.3) is 0 Å². The van der Waals surface area contributed by atoms with Gasteiger partial charge in [-0.15, -0.1) is 0 Å². The average molecular weight is 385 g/mol. The zero-order valence-corrected chi connectivity index (χ0v) is 17.0. The van der Waals surface area contributed by atoms with Crippen LogP contribution in [0.15, 0.2) is 48.5 Å². The molecule has 2 N–H and O–H groups in total. The predicted molar refractivity (Wildman–Crippen MR) is 114 cm³/mol. The van der Waals surface area contributed by atoms with Crippen LogP contribution in [0.5, 0.6) is 5.75 Å². The van der Waals surface area contributed by atoms with Crippen molar-refractivity contribution in [3.63, 3.8) is 0 Å². The number of benzene rings is 2. The summed E-state index contributed by atoms with van der Waals surface area (Å²) in [7, 11) is 0. The van der Waals surface area contributed by atoms with Gasteiger partial charge in [0.05, 0.1) is 0 Å². The van der Waals surface area contributed by atoms with E-state index in [-0.39, 0.29) is 12.5 Å². The number of nitrogens with one attached hydrogen (secondary N) is 2. The number of rotatable bonds is 13. The molecule has 0 aliphatic carbocycles. The Bertz CT molecular complexity index is 701. The average Bonchev–Trinajstić information content (AvgIpc) is 2.70. The minimum atomic E-state index is -0.171. The van der Waals surface area contributed by atoms with Crippen LogP contribution in [-0.2, 0) is 16.1 Å². The van der Waals surface area contributed by atoms with Crippen molar-refractivity contribution in [2.75, 3.05) is 31.7 Å². The van der Waals surface area contributed by atoms with Gasteiger partial charge in [0.1, 0.15) is 5.75 Å². The third-order valence-electron chi connectivity index (χ3n) is 4.22. The van der Waals surface area contributed by atoms with Crippen LogP contribution in [0.2, 0.25) is 0 Å². The van der Waals surface area contributed by atoms with Gasteiger partial charge in [-0.25, -0.2) is 0 Å². The minimum absolute atomic E-state index is 0.0140. The summed E-state index contributed by atoms with van der Waals surface area (Å²) < 4.78 is 11.2. The standard InChI is InChI=1S/C23H32N2O3/c1-3-4-14-27-15-6-13-24-17-20-7-5-8-22(16-20)28-18-23(26)25-21-11-9-19(2)10-12-21/h5,7-12,16,24H,3-4,6,13-15,17-18H2,1-2H3,(H,25,26). The van der Waals surface area contributed by atoms with Crippen molar-refractivity contribution in [2.45, 2.75) is 39.7 Å². The monoisotopic (exact) mass is 384 g/mol. The Morgan fingerprint density at radius 1 is 1.04 bits per heavy atom. The van der Waals surface area contributed by atoms with E-state index in [0.29, 0.717) is 5.75 Å². The largest absolute Gasteiger partial charge is 0.484 e. The third kappa shape index (κ3) is 9.02. The van der Waals surface area contributed by atoms with Crippen LogP contribution in [0, 0.1) is 6.92 Å². The Morgan fingerprint density at radius 2 is 1.82 bits per heavy atom. The normalized spacial score (nSPS) is 10.6. The maximum Gasteiger partial charge on any atom is 0.262 e. The van der Waals surface area contributed by atoms with Crippen LogP contribution in [-0.4, -0.2) is 32.3 Å². The Balaban J connectivity index is 1.65. The summed E-state index contributed by atoms with van der Waals surface area (Å²) >= 11 is 0. The second kappa shape index (κ2) is 12.9. The van der Waals surface area contributed by atoms with Crippen LogP contribution in [0.1, 0.15) is 37.3 Å². The van der Waals surface area contributed by atoms with Crippen molar-refractivity contribution in [3.8, 4) is 5.75 Å². The molecule has 0 atom stereocenters. The number of aryl methyl sites for hydroxylation is 1. The van der Waals surface area contributed by atoms with Gasteiger partial charge in [0, 0.05) is 25.4 Å². The molecule has 0 aliphatic heterocycles. The molecule has 0 aliphatic rings. The van der Waals surface area contributed by atoms with Gasteiger partial charge in [-0.3, -0.25) is 4.79 Å². The molecule has 28 heavy (non-hydrogen) atoms. The van der Waals surface area contributed by atoms with E-state index in [1.807, 2.05) is 55.5 Å². The first-order valence-electron chi connectivity index (χ1n) is 10.0. The molecule has 0 bridgehead atoms. The van der Waals surface area contributed by atoms with Crippen LogP contribution < -0.4 is 15.4 Å². The van der Waals surface area contributed by atoms with Crippen molar-refractivity contribution in [2.24, 2.45) is 0 Å². The molecule has 0 fully saturated rings. The van der Waals surface area contributed by atoms with Gasteiger partial charge >= 0.3 is 0 Å². The number of amides is 1. The molecule has 5 heteroatoms. The minimum Gasteiger partial charge on any atom is -0.484 e. The van der Waals surface area contributed by atoms with E-state index >= 15 is 0 Å². The van der Waals surface area contributed by atoms with E-state index in [4.69, 9.17) is 9.47 Å². The highest BCUT2D eigenvalue weighted by atomic mass is 16.5. The Hall–Kier alpha value is -2.37. The lowest BCUT2D eigenvalue weighted by atomic mass is 10.2. The van der Waals surface area contributed by atoms with Gasteiger partial charge < -0.3 is 20.1 Å². The summed E-state index contributed by atoms with van der Waals surface area (Å²) in [5.74, 6) is 0.525. The number of carbonyl (C=O) groups is 1. The van der Waals surface area contributed by atoms with Gasteiger partial charge in [0.15, 0.2) is 6.61 Å². The van der Waals surface area contributed by atoms with Crippen molar-refractivity contribution in [1.82, 2.24) is 5.32 Å². The lowest BCUT2D eigenvalue weighted by molar-refractivity contribution is -0.118. The molecule has 0 saturated heterocycles. The first kappa shape index (κ1) is 21.9.